The second-order valence-corrected chi connectivity index (χ2v) is 10.3. The first-order valence-corrected chi connectivity index (χ1v) is 12.3. The molecule has 1 amide bonds. The quantitative estimate of drug-likeness (QED) is 0.599. The number of amides is 1. The van der Waals surface area contributed by atoms with Gasteiger partial charge in [-0.3, -0.25) is 4.79 Å². The van der Waals surface area contributed by atoms with Gasteiger partial charge in [0.25, 0.3) is 5.91 Å². The number of imidazole rings is 1. The van der Waals surface area contributed by atoms with Crippen LogP contribution in [0.25, 0.3) is 0 Å². The topological polar surface area (TPSA) is 93.5 Å². The summed E-state index contributed by atoms with van der Waals surface area (Å²) in [6.07, 6.45) is 3.37. The number of aryl methyl sites for hydroxylation is 1. The van der Waals surface area contributed by atoms with Crippen molar-refractivity contribution in [2.75, 3.05) is 18.4 Å². The van der Waals surface area contributed by atoms with Crippen molar-refractivity contribution in [2.45, 2.75) is 44.4 Å². The molecule has 8 nitrogen and oxygen atoms in total. The molecule has 0 radical (unpaired) electrons. The number of nitrogens with one attached hydrogen (secondary N) is 1. The number of morpholine rings is 1. The number of anilines is 1. The zero-order valence-electron chi connectivity index (χ0n) is 18.9. The smallest absolute Gasteiger partial charge is 0.255 e. The number of benzene rings is 2. The number of aromatic nitrogens is 2. The van der Waals surface area contributed by atoms with E-state index in [-0.39, 0.29) is 23.0 Å². The summed E-state index contributed by atoms with van der Waals surface area (Å²) in [6.45, 7) is 6.99. The minimum atomic E-state index is -3.64. The third kappa shape index (κ3) is 5.32. The monoisotopic (exact) mass is 468 g/mol. The van der Waals surface area contributed by atoms with Crippen LogP contribution in [0.15, 0.2) is 65.8 Å². The molecule has 0 bridgehead atoms. The van der Waals surface area contributed by atoms with E-state index in [1.165, 1.54) is 28.6 Å². The highest BCUT2D eigenvalue weighted by Gasteiger charge is 2.32. The molecule has 1 N–H and O–H groups in total. The molecule has 2 atom stereocenters. The number of carbonyl (C=O) groups excluding carboxylic acids is 1. The van der Waals surface area contributed by atoms with Gasteiger partial charge < -0.3 is 14.6 Å². The molecule has 1 aliphatic rings. The molecule has 2 aromatic carbocycles. The van der Waals surface area contributed by atoms with E-state index in [1.54, 1.807) is 6.20 Å². The van der Waals surface area contributed by atoms with Crippen molar-refractivity contribution in [3.05, 3.63) is 77.9 Å². The molecule has 2 heterocycles. The Balaban J connectivity index is 1.40. The Morgan fingerprint density at radius 1 is 1.06 bits per heavy atom. The molecule has 4 rings (SSSR count). The van der Waals surface area contributed by atoms with Gasteiger partial charge in [-0.25, -0.2) is 13.4 Å². The van der Waals surface area contributed by atoms with Crippen LogP contribution < -0.4 is 5.32 Å². The van der Waals surface area contributed by atoms with Crippen molar-refractivity contribution in [2.24, 2.45) is 0 Å². The fourth-order valence-corrected chi connectivity index (χ4v) is 5.51. The van der Waals surface area contributed by atoms with E-state index in [0.29, 0.717) is 30.9 Å². The Morgan fingerprint density at radius 2 is 1.70 bits per heavy atom. The first-order chi connectivity index (χ1) is 15.7. The minimum Gasteiger partial charge on any atom is -0.373 e. The van der Waals surface area contributed by atoms with Crippen molar-refractivity contribution in [1.82, 2.24) is 13.9 Å². The van der Waals surface area contributed by atoms with Crippen LogP contribution >= 0.6 is 0 Å². The van der Waals surface area contributed by atoms with Crippen LogP contribution in [0.2, 0.25) is 0 Å². The maximum absolute atomic E-state index is 13.0. The Kier molecular flexibility index (Phi) is 6.64. The molecule has 1 aliphatic heterocycles. The number of hydrogen-bond acceptors (Lipinski definition) is 5. The summed E-state index contributed by atoms with van der Waals surface area (Å²) in [7, 11) is -3.64. The summed E-state index contributed by atoms with van der Waals surface area (Å²) in [6, 6.07) is 13.6. The molecule has 0 spiro atoms. The standard InChI is InChI=1S/C24H28N4O4S/c1-17-14-28(15-18(2)32-17)33(30,31)23-10-6-21(7-11-23)24(29)26-22-8-4-20(5-9-22)16-27-13-12-25-19(27)3/h4-13,17-18H,14-16H2,1-3H3,(H,26,29). The molecule has 9 heteroatoms. The number of ether oxygens (including phenoxy) is 1. The highest BCUT2D eigenvalue weighted by atomic mass is 32.2. The fraction of sp³-hybridized carbons (Fsp3) is 0.333. The van der Waals surface area contributed by atoms with E-state index in [2.05, 4.69) is 10.3 Å². The summed E-state index contributed by atoms with van der Waals surface area (Å²) in [5.74, 6) is 0.640. The molecule has 1 fully saturated rings. The predicted molar refractivity (Wildman–Crippen MR) is 126 cm³/mol. The lowest BCUT2D eigenvalue weighted by atomic mass is 10.2. The minimum absolute atomic E-state index is 0.163. The van der Waals surface area contributed by atoms with Crippen LogP contribution in [0, 0.1) is 6.92 Å². The Hall–Kier alpha value is -3.01. The number of sulfonamides is 1. The van der Waals surface area contributed by atoms with Gasteiger partial charge in [0.2, 0.25) is 10.0 Å². The molecule has 0 saturated carbocycles. The second-order valence-electron chi connectivity index (χ2n) is 8.36. The lowest BCUT2D eigenvalue weighted by molar-refractivity contribution is -0.0440. The maximum Gasteiger partial charge on any atom is 0.255 e. The van der Waals surface area contributed by atoms with Crippen molar-refractivity contribution >= 4 is 21.6 Å². The highest BCUT2D eigenvalue weighted by Crippen LogP contribution is 2.22. The summed E-state index contributed by atoms with van der Waals surface area (Å²) >= 11 is 0. The lowest BCUT2D eigenvalue weighted by Gasteiger charge is -2.34. The molecule has 33 heavy (non-hydrogen) atoms. The van der Waals surface area contributed by atoms with Crippen molar-refractivity contribution in [3.63, 3.8) is 0 Å². The van der Waals surface area contributed by atoms with Crippen LogP contribution in [0.3, 0.4) is 0 Å². The summed E-state index contributed by atoms with van der Waals surface area (Å²) < 4.78 is 35.1. The number of rotatable bonds is 6. The Bertz CT molecular complexity index is 1210. The van der Waals surface area contributed by atoms with Gasteiger partial charge in [0.15, 0.2) is 0 Å². The number of hydrogen-bond donors (Lipinski definition) is 1. The third-order valence-electron chi connectivity index (χ3n) is 5.63. The largest absolute Gasteiger partial charge is 0.373 e. The normalized spacial score (nSPS) is 19.4. The molecule has 1 saturated heterocycles. The van der Waals surface area contributed by atoms with E-state index in [9.17, 15) is 13.2 Å². The van der Waals surface area contributed by atoms with E-state index in [0.717, 1.165) is 11.4 Å². The summed E-state index contributed by atoms with van der Waals surface area (Å²) in [5.41, 5.74) is 2.14. The Morgan fingerprint density at radius 3 is 2.27 bits per heavy atom. The van der Waals surface area contributed by atoms with Gasteiger partial charge in [-0.2, -0.15) is 4.31 Å². The SMILES string of the molecule is Cc1nccn1Cc1ccc(NC(=O)c2ccc(S(=O)(=O)N3CC(C)OC(C)C3)cc2)cc1. The van der Waals surface area contributed by atoms with Crippen LogP contribution in [0.1, 0.15) is 35.6 Å². The number of carbonyl (C=O) groups is 1. The summed E-state index contributed by atoms with van der Waals surface area (Å²) in [4.78, 5) is 17.0. The number of nitrogens with zero attached hydrogens (tertiary/aromatic N) is 3. The zero-order chi connectivity index (χ0) is 23.6. The van der Waals surface area contributed by atoms with Gasteiger partial charge in [-0.1, -0.05) is 12.1 Å². The summed E-state index contributed by atoms with van der Waals surface area (Å²) in [5, 5.41) is 2.85. The average molecular weight is 469 g/mol. The van der Waals surface area contributed by atoms with Crippen molar-refractivity contribution in [3.8, 4) is 0 Å². The van der Waals surface area contributed by atoms with Gasteiger partial charge >= 0.3 is 0 Å². The average Bonchev–Trinajstić information content (AvgIpc) is 3.19. The zero-order valence-corrected chi connectivity index (χ0v) is 19.7. The van der Waals surface area contributed by atoms with Crippen LogP contribution in [0.4, 0.5) is 5.69 Å². The van der Waals surface area contributed by atoms with Gasteiger partial charge in [0, 0.05) is 43.3 Å². The van der Waals surface area contributed by atoms with Crippen molar-refractivity contribution < 1.29 is 17.9 Å². The molecule has 0 aliphatic carbocycles. The second kappa shape index (κ2) is 9.46. The predicted octanol–water partition coefficient (Wildman–Crippen LogP) is 3.29. The molecule has 1 aromatic heterocycles. The molecular weight excluding hydrogens is 440 g/mol. The van der Waals surface area contributed by atoms with Crippen molar-refractivity contribution in [1.29, 1.82) is 0 Å². The van der Waals surface area contributed by atoms with Crippen LogP contribution in [0.5, 0.6) is 0 Å². The van der Waals surface area contributed by atoms with Crippen LogP contribution in [-0.2, 0) is 21.3 Å². The van der Waals surface area contributed by atoms with Gasteiger partial charge in [0.05, 0.1) is 17.1 Å². The first-order valence-electron chi connectivity index (χ1n) is 10.9. The van der Waals surface area contributed by atoms with E-state index < -0.39 is 10.0 Å². The Labute approximate surface area is 194 Å². The molecular formula is C24H28N4O4S. The highest BCUT2D eigenvalue weighted by molar-refractivity contribution is 7.89. The van der Waals surface area contributed by atoms with Crippen LogP contribution in [-0.4, -0.2) is 53.5 Å². The first kappa shape index (κ1) is 23.2. The maximum atomic E-state index is 13.0. The fourth-order valence-electron chi connectivity index (χ4n) is 3.92. The van der Waals surface area contributed by atoms with Gasteiger partial charge in [0.1, 0.15) is 5.82 Å². The van der Waals surface area contributed by atoms with Gasteiger partial charge in [-0.15, -0.1) is 0 Å². The van der Waals surface area contributed by atoms with E-state index in [4.69, 9.17) is 4.74 Å². The lowest BCUT2D eigenvalue weighted by Crippen LogP contribution is -2.48. The van der Waals surface area contributed by atoms with E-state index >= 15 is 0 Å². The van der Waals surface area contributed by atoms with Gasteiger partial charge in [-0.05, 0) is 62.7 Å². The molecule has 3 aromatic rings. The van der Waals surface area contributed by atoms with E-state index in [1.807, 2.05) is 55.8 Å². The molecule has 2 unspecified atom stereocenters. The third-order valence-corrected chi connectivity index (χ3v) is 7.47. The molecule has 174 valence electrons.